The van der Waals surface area contributed by atoms with Gasteiger partial charge in [0.1, 0.15) is 12.4 Å². The molecule has 0 atom stereocenters. The Kier molecular flexibility index (Phi) is 3.79. The van der Waals surface area contributed by atoms with Gasteiger partial charge in [-0.1, -0.05) is 15.9 Å². The number of nitrogens with zero attached hydrogens (tertiary/aromatic N) is 2. The molecule has 0 fully saturated rings. The molecule has 1 N–H and O–H groups in total. The van der Waals surface area contributed by atoms with Crippen LogP contribution >= 0.6 is 15.9 Å². The molecule has 2 heterocycles. The number of anilines is 1. The third-order valence-electron chi connectivity index (χ3n) is 3.19. The van der Waals surface area contributed by atoms with Crippen LogP contribution in [0, 0.1) is 0 Å². The summed E-state index contributed by atoms with van der Waals surface area (Å²) in [5.41, 5.74) is 2.16. The highest BCUT2D eigenvalue weighted by atomic mass is 79.9. The molecule has 0 aliphatic carbocycles. The van der Waals surface area contributed by atoms with Crippen molar-refractivity contribution >= 4 is 33.6 Å². The average molecular weight is 348 g/mol. The molecule has 3 rings (SSSR count). The summed E-state index contributed by atoms with van der Waals surface area (Å²) in [6.45, 7) is 3.02. The van der Waals surface area contributed by atoms with Gasteiger partial charge in [0.05, 0.1) is 17.5 Å². The number of nitrogens with one attached hydrogen (secondary N) is 1. The fourth-order valence-corrected chi connectivity index (χ4v) is 2.47. The summed E-state index contributed by atoms with van der Waals surface area (Å²) in [4.78, 5) is 12.3. The zero-order valence-corrected chi connectivity index (χ0v) is 13.1. The Morgan fingerprint density at radius 2 is 2.38 bits per heavy atom. The zero-order valence-electron chi connectivity index (χ0n) is 11.5. The van der Waals surface area contributed by atoms with Crippen molar-refractivity contribution in [2.75, 3.05) is 11.9 Å². The molecule has 0 bridgehead atoms. The monoisotopic (exact) mass is 347 g/mol. The maximum absolute atomic E-state index is 12.3. The van der Waals surface area contributed by atoms with Crippen molar-refractivity contribution in [3.8, 4) is 5.75 Å². The summed E-state index contributed by atoms with van der Waals surface area (Å²) >= 11 is 3.42. The van der Waals surface area contributed by atoms with E-state index in [2.05, 4.69) is 26.3 Å². The van der Waals surface area contributed by atoms with E-state index in [-0.39, 0.29) is 12.5 Å². The molecule has 5 nitrogen and oxygen atoms in total. The maximum atomic E-state index is 12.3. The van der Waals surface area contributed by atoms with Crippen LogP contribution in [-0.4, -0.2) is 22.3 Å². The van der Waals surface area contributed by atoms with Gasteiger partial charge in [-0.2, -0.15) is 5.10 Å². The number of benzene rings is 1. The number of aromatic nitrogens is 2. The summed E-state index contributed by atoms with van der Waals surface area (Å²) in [6, 6.07) is 5.73. The number of amides is 1. The summed E-state index contributed by atoms with van der Waals surface area (Å²) < 4.78 is 8.31. The van der Waals surface area contributed by atoms with Crippen LogP contribution in [0.1, 0.15) is 12.5 Å². The van der Waals surface area contributed by atoms with Crippen LogP contribution in [0.2, 0.25) is 0 Å². The molecule has 0 saturated heterocycles. The van der Waals surface area contributed by atoms with Gasteiger partial charge in [0, 0.05) is 22.8 Å². The van der Waals surface area contributed by atoms with Crippen LogP contribution in [0.3, 0.4) is 0 Å². The largest absolute Gasteiger partial charge is 0.488 e. The van der Waals surface area contributed by atoms with Crippen LogP contribution < -0.4 is 10.1 Å². The first-order valence-electron chi connectivity index (χ1n) is 6.62. The Balaban J connectivity index is 1.79. The second kappa shape index (κ2) is 5.73. The van der Waals surface area contributed by atoms with Crippen molar-refractivity contribution in [3.63, 3.8) is 0 Å². The number of hydrogen-bond acceptors (Lipinski definition) is 3. The lowest BCUT2D eigenvalue weighted by atomic mass is 10.1. The van der Waals surface area contributed by atoms with Crippen molar-refractivity contribution in [3.05, 3.63) is 46.2 Å². The highest BCUT2D eigenvalue weighted by molar-refractivity contribution is 9.10. The fourth-order valence-electron chi connectivity index (χ4n) is 2.09. The molecule has 1 aliphatic heterocycles. The van der Waals surface area contributed by atoms with Crippen molar-refractivity contribution in [2.24, 2.45) is 0 Å². The molecule has 1 aliphatic rings. The van der Waals surface area contributed by atoms with Gasteiger partial charge in [0.15, 0.2) is 0 Å². The van der Waals surface area contributed by atoms with E-state index in [1.54, 1.807) is 17.1 Å². The van der Waals surface area contributed by atoms with Crippen LogP contribution in [0.15, 0.2) is 40.6 Å². The number of fused-ring (bicyclic) bond motifs is 1. The fraction of sp³-hybridized carbons (Fsp3) is 0.200. The van der Waals surface area contributed by atoms with E-state index in [0.29, 0.717) is 11.3 Å². The van der Waals surface area contributed by atoms with Gasteiger partial charge < -0.3 is 10.1 Å². The van der Waals surface area contributed by atoms with E-state index in [9.17, 15) is 4.79 Å². The molecule has 6 heteroatoms. The molecule has 1 aromatic carbocycles. The smallest absolute Gasteiger partial charge is 0.255 e. The molecule has 0 saturated carbocycles. The highest BCUT2D eigenvalue weighted by Crippen LogP contribution is 2.29. The second-order valence-corrected chi connectivity index (χ2v) is 5.59. The van der Waals surface area contributed by atoms with Crippen LogP contribution in [0.4, 0.5) is 5.69 Å². The van der Waals surface area contributed by atoms with Crippen molar-refractivity contribution in [1.29, 1.82) is 0 Å². The average Bonchev–Trinajstić information content (AvgIpc) is 2.94. The number of hydrogen-bond donors (Lipinski definition) is 1. The number of carbonyl (C=O) groups is 1. The molecule has 0 spiro atoms. The van der Waals surface area contributed by atoms with Crippen molar-refractivity contribution in [2.45, 2.75) is 13.5 Å². The summed E-state index contributed by atoms with van der Waals surface area (Å²) in [5.74, 6) is 0.616. The minimum absolute atomic E-state index is 0.170. The first-order chi connectivity index (χ1) is 10.2. The van der Waals surface area contributed by atoms with E-state index in [4.69, 9.17) is 4.74 Å². The number of aryl methyl sites for hydroxylation is 1. The van der Waals surface area contributed by atoms with Crippen molar-refractivity contribution < 1.29 is 9.53 Å². The van der Waals surface area contributed by atoms with Crippen LogP contribution in [0.5, 0.6) is 5.75 Å². The third kappa shape index (κ3) is 3.00. The Morgan fingerprint density at radius 1 is 1.52 bits per heavy atom. The Labute approximate surface area is 130 Å². The molecule has 0 unspecified atom stereocenters. The van der Waals surface area contributed by atoms with Gasteiger partial charge in [-0.05, 0) is 31.2 Å². The van der Waals surface area contributed by atoms with Gasteiger partial charge in [-0.25, -0.2) is 0 Å². The van der Waals surface area contributed by atoms with Gasteiger partial charge in [0.2, 0.25) is 0 Å². The molecule has 2 aromatic rings. The maximum Gasteiger partial charge on any atom is 0.255 e. The number of carbonyl (C=O) groups excluding carboxylic acids is 1. The van der Waals surface area contributed by atoms with Gasteiger partial charge >= 0.3 is 0 Å². The summed E-state index contributed by atoms with van der Waals surface area (Å²) in [7, 11) is 0. The van der Waals surface area contributed by atoms with E-state index >= 15 is 0 Å². The molecule has 108 valence electrons. The summed E-state index contributed by atoms with van der Waals surface area (Å²) in [5, 5.41) is 6.95. The van der Waals surface area contributed by atoms with Crippen LogP contribution in [-0.2, 0) is 11.3 Å². The van der Waals surface area contributed by atoms with E-state index < -0.39 is 0 Å². The molecule has 0 radical (unpaired) electrons. The third-order valence-corrected chi connectivity index (χ3v) is 3.68. The molecule has 1 amide bonds. The Morgan fingerprint density at radius 3 is 3.14 bits per heavy atom. The van der Waals surface area contributed by atoms with Crippen molar-refractivity contribution in [1.82, 2.24) is 9.78 Å². The molecule has 21 heavy (non-hydrogen) atoms. The van der Waals surface area contributed by atoms with E-state index in [0.717, 1.165) is 22.3 Å². The minimum atomic E-state index is -0.170. The van der Waals surface area contributed by atoms with E-state index in [1.165, 1.54) is 0 Å². The van der Waals surface area contributed by atoms with Gasteiger partial charge in [-0.3, -0.25) is 9.48 Å². The zero-order chi connectivity index (χ0) is 14.8. The Bertz CT molecular complexity index is 721. The second-order valence-electron chi connectivity index (χ2n) is 4.68. The number of rotatable bonds is 3. The Hall–Kier alpha value is -2.08. The number of halogens is 1. The lowest BCUT2D eigenvalue weighted by Crippen LogP contribution is -2.21. The SMILES string of the molecule is CCn1cc(NC(=O)C2=Cc3cc(Br)ccc3OC2)cn1. The highest BCUT2D eigenvalue weighted by Gasteiger charge is 2.18. The lowest BCUT2D eigenvalue weighted by Gasteiger charge is -2.17. The molecular weight excluding hydrogens is 334 g/mol. The topological polar surface area (TPSA) is 56.2 Å². The molecule has 1 aromatic heterocycles. The minimum Gasteiger partial charge on any atom is -0.488 e. The lowest BCUT2D eigenvalue weighted by molar-refractivity contribution is -0.113. The standard InChI is InChI=1S/C15H14BrN3O2/c1-2-19-8-13(7-17-19)18-15(20)11-5-10-6-12(16)3-4-14(10)21-9-11/h3-8H,2,9H2,1H3,(H,18,20). The quantitative estimate of drug-likeness (QED) is 0.928. The molecular formula is C15H14BrN3O2. The number of ether oxygens (including phenoxy) is 1. The van der Waals surface area contributed by atoms with Crippen LogP contribution in [0.25, 0.3) is 6.08 Å². The van der Waals surface area contributed by atoms with Gasteiger partial charge in [0.25, 0.3) is 5.91 Å². The van der Waals surface area contributed by atoms with Gasteiger partial charge in [-0.15, -0.1) is 0 Å². The predicted molar refractivity (Wildman–Crippen MR) is 84.1 cm³/mol. The summed E-state index contributed by atoms with van der Waals surface area (Å²) in [6.07, 6.45) is 5.28. The van der Waals surface area contributed by atoms with E-state index in [1.807, 2.05) is 31.2 Å². The first kappa shape index (κ1) is 13.9. The first-order valence-corrected chi connectivity index (χ1v) is 7.41. The predicted octanol–water partition coefficient (Wildman–Crippen LogP) is 3.08. The normalized spacial score (nSPS) is 13.1.